The van der Waals surface area contributed by atoms with E-state index in [1.807, 2.05) is 29.3 Å². The van der Waals surface area contributed by atoms with Crippen LogP contribution in [0.2, 0.25) is 0 Å². The predicted octanol–water partition coefficient (Wildman–Crippen LogP) is 2.24. The molecule has 0 unspecified atom stereocenters. The molecular weight excluding hydrogens is 328 g/mol. The fourth-order valence-electron chi connectivity index (χ4n) is 4.05. The number of ether oxygens (including phenoxy) is 1. The molecule has 2 saturated heterocycles. The van der Waals surface area contributed by atoms with E-state index >= 15 is 0 Å². The maximum atomic E-state index is 12.9. The molecule has 0 N–H and O–H groups in total. The summed E-state index contributed by atoms with van der Waals surface area (Å²) in [5.74, 6) is 0.0642. The van der Waals surface area contributed by atoms with E-state index in [-0.39, 0.29) is 11.3 Å². The first-order chi connectivity index (χ1) is 12.8. The summed E-state index contributed by atoms with van der Waals surface area (Å²) in [6.07, 6.45) is 9.11. The highest BCUT2D eigenvalue weighted by molar-refractivity contribution is 5.94. The summed E-state index contributed by atoms with van der Waals surface area (Å²) >= 11 is 0. The standard InChI is InChI=1S/C20H24N4O2/c25-19(17-4-1-7-21-12-17)24-9-3-6-20(15-24)14-23(10-11-26-16-20)18-5-2-8-22-13-18/h1-2,4-5,7-8,12-13H,3,6,9-11,14-16H2/t20-/m1/s1. The molecular formula is C20H24N4O2. The summed E-state index contributed by atoms with van der Waals surface area (Å²) in [4.78, 5) is 25.5. The molecule has 2 fully saturated rings. The third-order valence-electron chi connectivity index (χ3n) is 5.31. The van der Waals surface area contributed by atoms with Gasteiger partial charge >= 0.3 is 0 Å². The fourth-order valence-corrected chi connectivity index (χ4v) is 4.05. The molecule has 0 aliphatic carbocycles. The molecule has 4 heterocycles. The maximum Gasteiger partial charge on any atom is 0.255 e. The zero-order valence-corrected chi connectivity index (χ0v) is 14.9. The quantitative estimate of drug-likeness (QED) is 0.830. The van der Waals surface area contributed by atoms with Gasteiger partial charge in [0.2, 0.25) is 0 Å². The SMILES string of the molecule is O=C(c1cccnc1)N1CCC[C@]2(COCCN(c3cccnc3)C2)C1. The van der Waals surface area contributed by atoms with Gasteiger partial charge in [0.25, 0.3) is 5.91 Å². The number of hydrogen-bond donors (Lipinski definition) is 0. The third kappa shape index (κ3) is 3.55. The lowest BCUT2D eigenvalue weighted by Crippen LogP contribution is -2.52. The van der Waals surface area contributed by atoms with Gasteiger partial charge in [-0.1, -0.05) is 0 Å². The second kappa shape index (κ2) is 7.41. The van der Waals surface area contributed by atoms with Gasteiger partial charge in [-0.05, 0) is 37.1 Å². The van der Waals surface area contributed by atoms with Crippen LogP contribution in [0, 0.1) is 5.41 Å². The lowest BCUT2D eigenvalue weighted by atomic mass is 9.79. The molecule has 2 aliphatic heterocycles. The van der Waals surface area contributed by atoms with Crippen LogP contribution in [0.5, 0.6) is 0 Å². The Morgan fingerprint density at radius 2 is 1.92 bits per heavy atom. The van der Waals surface area contributed by atoms with Crippen LogP contribution in [0.4, 0.5) is 5.69 Å². The number of pyridine rings is 2. The van der Waals surface area contributed by atoms with Gasteiger partial charge in [0, 0.05) is 50.2 Å². The number of carbonyl (C=O) groups excluding carboxylic acids is 1. The van der Waals surface area contributed by atoms with Gasteiger partial charge in [0.1, 0.15) is 0 Å². The van der Waals surface area contributed by atoms with Gasteiger partial charge in [-0.15, -0.1) is 0 Å². The average Bonchev–Trinajstić information content (AvgIpc) is 2.91. The number of anilines is 1. The van der Waals surface area contributed by atoms with E-state index in [0.29, 0.717) is 18.8 Å². The van der Waals surface area contributed by atoms with Crippen molar-refractivity contribution in [1.29, 1.82) is 0 Å². The summed E-state index contributed by atoms with van der Waals surface area (Å²) in [5, 5.41) is 0. The van der Waals surface area contributed by atoms with Gasteiger partial charge in [0.05, 0.1) is 30.7 Å². The summed E-state index contributed by atoms with van der Waals surface area (Å²) in [5.41, 5.74) is 1.74. The maximum absolute atomic E-state index is 12.9. The zero-order valence-electron chi connectivity index (χ0n) is 14.9. The van der Waals surface area contributed by atoms with Crippen molar-refractivity contribution in [2.45, 2.75) is 12.8 Å². The molecule has 0 radical (unpaired) electrons. The number of amides is 1. The van der Waals surface area contributed by atoms with E-state index in [1.54, 1.807) is 18.6 Å². The number of piperidine rings is 1. The third-order valence-corrected chi connectivity index (χ3v) is 5.31. The number of aromatic nitrogens is 2. The number of likely N-dealkylation sites (tertiary alicyclic amines) is 1. The van der Waals surface area contributed by atoms with E-state index in [9.17, 15) is 4.79 Å². The highest BCUT2D eigenvalue weighted by atomic mass is 16.5. The molecule has 2 aromatic heterocycles. The highest BCUT2D eigenvalue weighted by Crippen LogP contribution is 2.34. The Balaban J connectivity index is 1.53. The number of nitrogens with zero attached hydrogens (tertiary/aromatic N) is 4. The Labute approximate surface area is 153 Å². The van der Waals surface area contributed by atoms with Gasteiger partial charge in [-0.2, -0.15) is 0 Å². The van der Waals surface area contributed by atoms with Crippen LogP contribution in [0.3, 0.4) is 0 Å². The van der Waals surface area contributed by atoms with Crippen molar-refractivity contribution in [3.8, 4) is 0 Å². The second-order valence-corrected chi connectivity index (χ2v) is 7.26. The van der Waals surface area contributed by atoms with Gasteiger partial charge in [-0.3, -0.25) is 14.8 Å². The zero-order chi connectivity index (χ0) is 17.8. The first-order valence-electron chi connectivity index (χ1n) is 9.18. The first kappa shape index (κ1) is 17.0. The highest BCUT2D eigenvalue weighted by Gasteiger charge is 2.40. The predicted molar refractivity (Wildman–Crippen MR) is 99.1 cm³/mol. The van der Waals surface area contributed by atoms with E-state index < -0.39 is 0 Å². The first-order valence-corrected chi connectivity index (χ1v) is 9.18. The van der Waals surface area contributed by atoms with Crippen LogP contribution in [0.15, 0.2) is 49.1 Å². The molecule has 4 rings (SSSR count). The van der Waals surface area contributed by atoms with Crippen molar-refractivity contribution in [2.24, 2.45) is 5.41 Å². The van der Waals surface area contributed by atoms with Crippen LogP contribution in [-0.4, -0.2) is 60.2 Å². The minimum atomic E-state index is -0.0392. The Morgan fingerprint density at radius 3 is 2.69 bits per heavy atom. The van der Waals surface area contributed by atoms with Gasteiger partial charge < -0.3 is 14.5 Å². The van der Waals surface area contributed by atoms with Crippen molar-refractivity contribution in [3.05, 3.63) is 54.6 Å². The molecule has 136 valence electrons. The molecule has 0 bridgehead atoms. The van der Waals surface area contributed by atoms with Crippen molar-refractivity contribution in [3.63, 3.8) is 0 Å². The molecule has 0 saturated carbocycles. The molecule has 6 heteroatoms. The van der Waals surface area contributed by atoms with Crippen LogP contribution >= 0.6 is 0 Å². The van der Waals surface area contributed by atoms with E-state index in [4.69, 9.17) is 4.74 Å². The molecule has 1 atom stereocenters. The van der Waals surface area contributed by atoms with Crippen molar-refractivity contribution < 1.29 is 9.53 Å². The molecule has 2 aromatic rings. The molecule has 0 aromatic carbocycles. The number of hydrogen-bond acceptors (Lipinski definition) is 5. The molecule has 6 nitrogen and oxygen atoms in total. The Morgan fingerprint density at radius 1 is 1.08 bits per heavy atom. The smallest absolute Gasteiger partial charge is 0.255 e. The van der Waals surface area contributed by atoms with Crippen molar-refractivity contribution in [1.82, 2.24) is 14.9 Å². The summed E-state index contributed by atoms with van der Waals surface area (Å²) < 4.78 is 5.96. The lowest BCUT2D eigenvalue weighted by molar-refractivity contribution is 0.0135. The lowest BCUT2D eigenvalue weighted by Gasteiger charge is -2.44. The van der Waals surface area contributed by atoms with Crippen molar-refractivity contribution in [2.75, 3.05) is 44.3 Å². The molecule has 2 aliphatic rings. The topological polar surface area (TPSA) is 58.6 Å². The Bertz CT molecular complexity index is 740. The second-order valence-electron chi connectivity index (χ2n) is 7.26. The van der Waals surface area contributed by atoms with E-state index in [0.717, 1.165) is 44.7 Å². The van der Waals surface area contributed by atoms with E-state index in [2.05, 4.69) is 20.9 Å². The molecule has 1 amide bonds. The number of carbonyl (C=O) groups is 1. The Hall–Kier alpha value is -2.47. The molecule has 26 heavy (non-hydrogen) atoms. The average molecular weight is 352 g/mol. The Kier molecular flexibility index (Phi) is 4.84. The van der Waals surface area contributed by atoms with Crippen LogP contribution in [0.1, 0.15) is 23.2 Å². The van der Waals surface area contributed by atoms with Gasteiger partial charge in [0.15, 0.2) is 0 Å². The summed E-state index contributed by atoms with van der Waals surface area (Å²) in [7, 11) is 0. The van der Waals surface area contributed by atoms with Crippen molar-refractivity contribution >= 4 is 11.6 Å². The molecule has 1 spiro atoms. The normalized spacial score (nSPS) is 23.7. The van der Waals surface area contributed by atoms with Crippen LogP contribution in [0.25, 0.3) is 0 Å². The van der Waals surface area contributed by atoms with E-state index in [1.165, 1.54) is 0 Å². The van der Waals surface area contributed by atoms with Crippen LogP contribution < -0.4 is 4.90 Å². The summed E-state index contributed by atoms with van der Waals surface area (Å²) in [6.45, 7) is 4.65. The minimum Gasteiger partial charge on any atom is -0.379 e. The number of rotatable bonds is 2. The largest absolute Gasteiger partial charge is 0.379 e. The van der Waals surface area contributed by atoms with Crippen LogP contribution in [-0.2, 0) is 4.74 Å². The fraction of sp³-hybridized carbons (Fsp3) is 0.450. The monoisotopic (exact) mass is 352 g/mol. The van der Waals surface area contributed by atoms with Gasteiger partial charge in [-0.25, -0.2) is 0 Å². The summed E-state index contributed by atoms with van der Waals surface area (Å²) in [6, 6.07) is 7.70. The minimum absolute atomic E-state index is 0.0392.